The Kier molecular flexibility index (Phi) is 7.43. The fraction of sp³-hybridized carbons (Fsp3) is 0.241. The van der Waals surface area contributed by atoms with Crippen LogP contribution in [0.1, 0.15) is 44.2 Å². The quantitative estimate of drug-likeness (QED) is 0.221. The van der Waals surface area contributed by atoms with Gasteiger partial charge in [0, 0.05) is 11.1 Å². The van der Waals surface area contributed by atoms with Crippen molar-refractivity contribution in [1.29, 1.82) is 0 Å². The molecule has 1 heterocycles. The van der Waals surface area contributed by atoms with Gasteiger partial charge in [0.15, 0.2) is 0 Å². The highest BCUT2D eigenvalue weighted by Crippen LogP contribution is 2.43. The Morgan fingerprint density at radius 3 is 2.03 bits per heavy atom. The molecule has 4 rings (SSSR count). The topological polar surface area (TPSA) is 61.8 Å². The van der Waals surface area contributed by atoms with Gasteiger partial charge in [0.2, 0.25) is 0 Å². The van der Waals surface area contributed by atoms with Crippen molar-refractivity contribution in [2.24, 2.45) is 0 Å². The highest BCUT2D eigenvalue weighted by atomic mass is 16.6. The van der Waals surface area contributed by atoms with Crippen LogP contribution in [0.3, 0.4) is 0 Å². The predicted octanol–water partition coefficient (Wildman–Crippen LogP) is 6.00. The van der Waals surface area contributed by atoms with Gasteiger partial charge in [-0.15, -0.1) is 0 Å². The minimum atomic E-state index is -0.692. The highest BCUT2D eigenvalue weighted by molar-refractivity contribution is 6.14. The Morgan fingerprint density at radius 1 is 0.853 bits per heavy atom. The van der Waals surface area contributed by atoms with Crippen LogP contribution in [0.25, 0.3) is 11.3 Å². The smallest absolute Gasteiger partial charge is 0.345 e. The van der Waals surface area contributed by atoms with Crippen molar-refractivity contribution in [2.45, 2.75) is 33.1 Å². The summed E-state index contributed by atoms with van der Waals surface area (Å²) in [5.74, 6) is 0.0310. The lowest BCUT2D eigenvalue weighted by molar-refractivity contribution is -0.146. The molecule has 0 spiro atoms. The van der Waals surface area contributed by atoms with Crippen LogP contribution in [-0.4, -0.2) is 25.2 Å². The van der Waals surface area contributed by atoms with E-state index < -0.39 is 11.9 Å². The maximum Gasteiger partial charge on any atom is 0.345 e. The van der Waals surface area contributed by atoms with E-state index in [0.717, 1.165) is 46.4 Å². The molecule has 0 aromatic heterocycles. The van der Waals surface area contributed by atoms with Gasteiger partial charge in [0.1, 0.15) is 17.1 Å². The summed E-state index contributed by atoms with van der Waals surface area (Å²) in [5.41, 5.74) is 4.86. The first kappa shape index (κ1) is 23.3. The third kappa shape index (κ3) is 5.04. The number of hydrogen-bond acceptors (Lipinski definition) is 5. The first-order valence-electron chi connectivity index (χ1n) is 11.6. The number of ether oxygens (including phenoxy) is 3. The van der Waals surface area contributed by atoms with Crippen LogP contribution >= 0.6 is 0 Å². The van der Waals surface area contributed by atoms with E-state index in [9.17, 15) is 9.59 Å². The first-order valence-corrected chi connectivity index (χ1v) is 11.6. The zero-order chi connectivity index (χ0) is 23.9. The summed E-state index contributed by atoms with van der Waals surface area (Å²) in [6.07, 6.45) is 6.04. The van der Waals surface area contributed by atoms with Crippen LogP contribution in [0.5, 0.6) is 0 Å². The largest absolute Gasteiger partial charge is 0.462 e. The second kappa shape index (κ2) is 10.8. The summed E-state index contributed by atoms with van der Waals surface area (Å²) in [6, 6.07) is 20.1. The van der Waals surface area contributed by atoms with Crippen molar-refractivity contribution >= 4 is 23.3 Å². The Labute approximate surface area is 200 Å². The molecule has 0 N–H and O–H groups in total. The lowest BCUT2D eigenvalue weighted by Gasteiger charge is -2.29. The molecule has 0 radical (unpaired) electrons. The molecule has 0 unspecified atom stereocenters. The van der Waals surface area contributed by atoms with Gasteiger partial charge < -0.3 is 14.2 Å². The molecule has 5 nitrogen and oxygen atoms in total. The van der Waals surface area contributed by atoms with Crippen molar-refractivity contribution in [2.75, 3.05) is 13.2 Å². The third-order valence-electron chi connectivity index (χ3n) is 5.70. The highest BCUT2D eigenvalue weighted by Gasteiger charge is 2.29. The molecular formula is C29H28O5. The van der Waals surface area contributed by atoms with Crippen molar-refractivity contribution in [3.63, 3.8) is 0 Å². The molecule has 0 atom stereocenters. The standard InChI is InChI=1S/C29H28O5/c1-3-32-28(30)25(29(31)33-4-2)18-22-16-11-17-23-24(20-12-7-5-8-13-20)19-26(34-27(22)23)21-14-9-6-10-15-21/h5-10,12-15,18-19H,3-4,11,16-17H2,1-2H3. The van der Waals surface area contributed by atoms with Gasteiger partial charge >= 0.3 is 11.9 Å². The molecule has 1 aliphatic carbocycles. The van der Waals surface area contributed by atoms with Crippen LogP contribution in [-0.2, 0) is 23.8 Å². The second-order valence-corrected chi connectivity index (χ2v) is 7.94. The van der Waals surface area contributed by atoms with E-state index in [1.165, 1.54) is 0 Å². The van der Waals surface area contributed by atoms with Crippen molar-refractivity contribution in [3.8, 4) is 0 Å². The first-order chi connectivity index (χ1) is 16.6. The minimum Gasteiger partial charge on any atom is -0.462 e. The lowest BCUT2D eigenvalue weighted by Crippen LogP contribution is -2.19. The van der Waals surface area contributed by atoms with Crippen molar-refractivity contribution < 1.29 is 23.8 Å². The molecule has 2 aliphatic rings. The van der Waals surface area contributed by atoms with Crippen LogP contribution in [0.4, 0.5) is 0 Å². The second-order valence-electron chi connectivity index (χ2n) is 7.94. The Balaban J connectivity index is 1.89. The third-order valence-corrected chi connectivity index (χ3v) is 5.70. The number of rotatable bonds is 7. The average molecular weight is 457 g/mol. The fourth-order valence-corrected chi connectivity index (χ4v) is 4.17. The van der Waals surface area contributed by atoms with Crippen LogP contribution in [0, 0.1) is 0 Å². The normalized spacial score (nSPS) is 15.1. The number of carbonyl (C=O) groups excluding carboxylic acids is 2. The molecule has 2 aromatic rings. The van der Waals surface area contributed by atoms with Gasteiger partial charge in [-0.05, 0) is 62.0 Å². The Bertz CT molecular complexity index is 1160. The van der Waals surface area contributed by atoms with E-state index >= 15 is 0 Å². The van der Waals surface area contributed by atoms with Gasteiger partial charge in [-0.2, -0.15) is 0 Å². The van der Waals surface area contributed by atoms with Crippen molar-refractivity contribution in [3.05, 3.63) is 106 Å². The monoisotopic (exact) mass is 456 g/mol. The lowest BCUT2D eigenvalue weighted by atomic mass is 9.85. The SMILES string of the molecule is CCOC(=O)C(=CC1=C2OC(c3ccccc3)=CC(c3ccccc3)=C2CCC1)C(=O)OCC. The molecule has 1 aliphatic heterocycles. The molecule has 34 heavy (non-hydrogen) atoms. The van der Waals surface area contributed by atoms with E-state index in [2.05, 4.69) is 18.2 Å². The predicted molar refractivity (Wildman–Crippen MR) is 131 cm³/mol. The van der Waals surface area contributed by atoms with E-state index in [0.29, 0.717) is 12.2 Å². The van der Waals surface area contributed by atoms with Crippen LogP contribution in [0.15, 0.2) is 95.3 Å². The fourth-order valence-electron chi connectivity index (χ4n) is 4.17. The van der Waals surface area contributed by atoms with Gasteiger partial charge in [-0.3, -0.25) is 0 Å². The number of esters is 2. The average Bonchev–Trinajstić information content (AvgIpc) is 2.88. The van der Waals surface area contributed by atoms with Crippen molar-refractivity contribution in [1.82, 2.24) is 0 Å². The molecule has 0 fully saturated rings. The van der Waals surface area contributed by atoms with E-state index in [4.69, 9.17) is 14.2 Å². The summed E-state index contributed by atoms with van der Waals surface area (Å²) in [7, 11) is 0. The van der Waals surface area contributed by atoms with Gasteiger partial charge in [-0.25, -0.2) is 9.59 Å². The summed E-state index contributed by atoms with van der Waals surface area (Å²) in [6.45, 7) is 3.75. The van der Waals surface area contributed by atoms with Crippen LogP contribution in [0.2, 0.25) is 0 Å². The molecule has 0 amide bonds. The molecule has 2 aromatic carbocycles. The molecule has 5 heteroatoms. The zero-order valence-corrected chi connectivity index (χ0v) is 19.5. The summed E-state index contributed by atoms with van der Waals surface area (Å²) in [4.78, 5) is 25.2. The maximum atomic E-state index is 12.6. The van der Waals surface area contributed by atoms with Gasteiger partial charge in [0.25, 0.3) is 0 Å². The zero-order valence-electron chi connectivity index (χ0n) is 19.5. The summed E-state index contributed by atoms with van der Waals surface area (Å²) < 4.78 is 16.7. The molecular weight excluding hydrogens is 428 g/mol. The van der Waals surface area contributed by atoms with E-state index in [1.54, 1.807) is 19.9 Å². The summed E-state index contributed by atoms with van der Waals surface area (Å²) >= 11 is 0. The maximum absolute atomic E-state index is 12.6. The van der Waals surface area contributed by atoms with Crippen LogP contribution < -0.4 is 0 Å². The number of carbonyl (C=O) groups is 2. The van der Waals surface area contributed by atoms with Gasteiger partial charge in [0.05, 0.1) is 13.2 Å². The summed E-state index contributed by atoms with van der Waals surface area (Å²) in [5, 5.41) is 0. The molecule has 174 valence electrons. The Hall–Kier alpha value is -3.86. The van der Waals surface area contributed by atoms with E-state index in [1.807, 2.05) is 48.5 Å². The number of fused-ring (bicyclic) bond motifs is 1. The van der Waals surface area contributed by atoms with Gasteiger partial charge in [-0.1, -0.05) is 60.7 Å². The molecule has 0 bridgehead atoms. The Morgan fingerprint density at radius 2 is 1.44 bits per heavy atom. The molecule has 0 saturated heterocycles. The minimum absolute atomic E-state index is 0.117. The van der Waals surface area contributed by atoms with E-state index in [-0.39, 0.29) is 18.8 Å². The number of allylic oxidation sites excluding steroid dienone is 5. The molecule has 0 saturated carbocycles. The number of benzene rings is 2. The number of hydrogen-bond donors (Lipinski definition) is 0.